The number of amides is 1. The number of rotatable bonds is 7. The van der Waals surface area contributed by atoms with Gasteiger partial charge >= 0.3 is 0 Å². The number of methoxy groups -OCH3 is 1. The van der Waals surface area contributed by atoms with Crippen molar-refractivity contribution in [2.24, 2.45) is 11.8 Å². The molecule has 0 aromatic heterocycles. The average molecular weight is 320 g/mol. The van der Waals surface area contributed by atoms with Gasteiger partial charge in [0.15, 0.2) is 11.5 Å². The summed E-state index contributed by atoms with van der Waals surface area (Å²) in [5.41, 5.74) is 1.01. The van der Waals surface area contributed by atoms with Crippen LogP contribution in [0, 0.1) is 11.8 Å². The van der Waals surface area contributed by atoms with E-state index in [1.807, 2.05) is 25.1 Å². The van der Waals surface area contributed by atoms with E-state index in [0.29, 0.717) is 18.3 Å². The Kier molecular flexibility index (Phi) is 6.28. The summed E-state index contributed by atoms with van der Waals surface area (Å²) >= 11 is 0. The molecule has 2 unspecified atom stereocenters. The van der Waals surface area contributed by atoms with E-state index in [1.165, 1.54) is 0 Å². The van der Waals surface area contributed by atoms with Gasteiger partial charge < -0.3 is 20.1 Å². The number of hydrogen-bond donors (Lipinski definition) is 2. The van der Waals surface area contributed by atoms with Gasteiger partial charge in [0.1, 0.15) is 0 Å². The predicted molar refractivity (Wildman–Crippen MR) is 90.9 cm³/mol. The van der Waals surface area contributed by atoms with Crippen LogP contribution in [0.5, 0.6) is 11.5 Å². The maximum absolute atomic E-state index is 12.2. The lowest BCUT2D eigenvalue weighted by atomic mass is 10.0. The van der Waals surface area contributed by atoms with Gasteiger partial charge in [-0.1, -0.05) is 19.9 Å². The number of carbonyl (C=O) groups excluding carboxylic acids is 1. The molecule has 0 aliphatic carbocycles. The van der Waals surface area contributed by atoms with Crippen molar-refractivity contribution in [1.29, 1.82) is 0 Å². The number of benzene rings is 1. The van der Waals surface area contributed by atoms with Crippen LogP contribution >= 0.6 is 0 Å². The molecular weight excluding hydrogens is 292 g/mol. The smallest absolute Gasteiger partial charge is 0.224 e. The van der Waals surface area contributed by atoms with Gasteiger partial charge in [0, 0.05) is 6.54 Å². The van der Waals surface area contributed by atoms with Crippen LogP contribution in [0.15, 0.2) is 18.2 Å². The highest BCUT2D eigenvalue weighted by Crippen LogP contribution is 2.30. The Morgan fingerprint density at radius 1 is 1.35 bits per heavy atom. The normalized spacial score (nSPS) is 18.7. The number of carbonyl (C=O) groups is 1. The molecular formula is C18H28N2O3. The Balaban J connectivity index is 2.02. The molecule has 1 fully saturated rings. The summed E-state index contributed by atoms with van der Waals surface area (Å²) in [6.07, 6.45) is 0.907. The van der Waals surface area contributed by atoms with Crippen LogP contribution in [0.1, 0.15) is 38.8 Å². The topological polar surface area (TPSA) is 59.6 Å². The first-order chi connectivity index (χ1) is 11.0. The standard InChI is InChI=1S/C18H28N2O3/c1-12(2)11-23-16-6-5-14(9-17(16)22-4)13(3)20-18(21)15-7-8-19-10-15/h5-6,9,12-13,15,19H,7-8,10-11H2,1-4H3,(H,20,21). The molecule has 1 aromatic carbocycles. The van der Waals surface area contributed by atoms with Gasteiger partial charge in [0.25, 0.3) is 0 Å². The molecule has 0 radical (unpaired) electrons. The quantitative estimate of drug-likeness (QED) is 0.810. The third kappa shape index (κ3) is 4.86. The van der Waals surface area contributed by atoms with Crippen LogP contribution in [0.25, 0.3) is 0 Å². The lowest BCUT2D eigenvalue weighted by Gasteiger charge is -2.19. The average Bonchev–Trinajstić information content (AvgIpc) is 3.07. The Bertz CT molecular complexity index is 525. The first kappa shape index (κ1) is 17.6. The highest BCUT2D eigenvalue weighted by atomic mass is 16.5. The SMILES string of the molecule is COc1cc(C(C)NC(=O)C2CCNC2)ccc1OCC(C)C. The van der Waals surface area contributed by atoms with E-state index in [2.05, 4.69) is 24.5 Å². The van der Waals surface area contributed by atoms with Crippen molar-refractivity contribution in [2.75, 3.05) is 26.8 Å². The zero-order valence-electron chi connectivity index (χ0n) is 14.5. The van der Waals surface area contributed by atoms with E-state index < -0.39 is 0 Å². The van der Waals surface area contributed by atoms with Crippen LogP contribution < -0.4 is 20.1 Å². The molecule has 128 valence electrons. The highest BCUT2D eigenvalue weighted by Gasteiger charge is 2.24. The van der Waals surface area contributed by atoms with Crippen LogP contribution in [0.3, 0.4) is 0 Å². The van der Waals surface area contributed by atoms with Crippen molar-refractivity contribution in [3.05, 3.63) is 23.8 Å². The molecule has 1 aromatic rings. The summed E-state index contributed by atoms with van der Waals surface area (Å²) in [6, 6.07) is 5.77. The molecule has 0 bridgehead atoms. The zero-order valence-corrected chi connectivity index (χ0v) is 14.5. The molecule has 5 heteroatoms. The largest absolute Gasteiger partial charge is 0.493 e. The summed E-state index contributed by atoms with van der Waals surface area (Å²) < 4.78 is 11.2. The zero-order chi connectivity index (χ0) is 16.8. The minimum atomic E-state index is -0.0591. The first-order valence-electron chi connectivity index (χ1n) is 8.33. The van der Waals surface area contributed by atoms with E-state index in [0.717, 1.165) is 30.8 Å². The molecule has 1 saturated heterocycles. The predicted octanol–water partition coefficient (Wildman–Crippen LogP) is 2.52. The third-order valence-electron chi connectivity index (χ3n) is 4.05. The lowest BCUT2D eigenvalue weighted by Crippen LogP contribution is -2.33. The monoisotopic (exact) mass is 320 g/mol. The van der Waals surface area contributed by atoms with E-state index in [4.69, 9.17) is 9.47 Å². The first-order valence-corrected chi connectivity index (χ1v) is 8.33. The summed E-state index contributed by atoms with van der Waals surface area (Å²) in [4.78, 5) is 12.2. The van der Waals surface area contributed by atoms with Crippen molar-refractivity contribution in [3.8, 4) is 11.5 Å². The van der Waals surface area contributed by atoms with Gasteiger partial charge in [-0.3, -0.25) is 4.79 Å². The molecule has 1 heterocycles. The minimum absolute atomic E-state index is 0.0591. The second-order valence-corrected chi connectivity index (χ2v) is 6.54. The van der Waals surface area contributed by atoms with E-state index >= 15 is 0 Å². The van der Waals surface area contributed by atoms with E-state index in [-0.39, 0.29) is 17.9 Å². The maximum Gasteiger partial charge on any atom is 0.224 e. The van der Waals surface area contributed by atoms with Gasteiger partial charge in [0.2, 0.25) is 5.91 Å². The molecule has 2 rings (SSSR count). The van der Waals surface area contributed by atoms with Gasteiger partial charge in [-0.15, -0.1) is 0 Å². The van der Waals surface area contributed by atoms with Gasteiger partial charge in [-0.2, -0.15) is 0 Å². The van der Waals surface area contributed by atoms with Crippen LogP contribution in [-0.2, 0) is 4.79 Å². The van der Waals surface area contributed by atoms with Gasteiger partial charge in [-0.05, 0) is 43.5 Å². The fourth-order valence-corrected chi connectivity index (χ4v) is 2.62. The van der Waals surface area contributed by atoms with Crippen LogP contribution in [0.4, 0.5) is 0 Å². The molecule has 0 saturated carbocycles. The van der Waals surface area contributed by atoms with Crippen molar-refractivity contribution < 1.29 is 14.3 Å². The number of nitrogens with one attached hydrogen (secondary N) is 2. The van der Waals surface area contributed by atoms with Crippen LogP contribution in [-0.4, -0.2) is 32.7 Å². The molecule has 23 heavy (non-hydrogen) atoms. The second kappa shape index (κ2) is 8.20. The summed E-state index contributed by atoms with van der Waals surface area (Å²) in [7, 11) is 1.63. The van der Waals surface area contributed by atoms with Crippen LogP contribution in [0.2, 0.25) is 0 Å². The van der Waals surface area contributed by atoms with Crippen molar-refractivity contribution in [3.63, 3.8) is 0 Å². The molecule has 1 aliphatic rings. The second-order valence-electron chi connectivity index (χ2n) is 6.54. The van der Waals surface area contributed by atoms with Crippen molar-refractivity contribution >= 4 is 5.91 Å². The van der Waals surface area contributed by atoms with Gasteiger partial charge in [-0.25, -0.2) is 0 Å². The highest BCUT2D eigenvalue weighted by molar-refractivity contribution is 5.79. The molecule has 0 spiro atoms. The summed E-state index contributed by atoms with van der Waals surface area (Å²) in [5, 5.41) is 6.30. The van der Waals surface area contributed by atoms with Gasteiger partial charge in [0.05, 0.1) is 25.7 Å². The molecule has 2 N–H and O–H groups in total. The molecule has 1 amide bonds. The summed E-state index contributed by atoms with van der Waals surface area (Å²) in [5.74, 6) is 2.09. The fraction of sp³-hybridized carbons (Fsp3) is 0.611. The Labute approximate surface area is 138 Å². The number of ether oxygens (including phenoxy) is 2. The molecule has 2 atom stereocenters. The lowest BCUT2D eigenvalue weighted by molar-refractivity contribution is -0.125. The fourth-order valence-electron chi connectivity index (χ4n) is 2.62. The Morgan fingerprint density at radius 3 is 2.74 bits per heavy atom. The minimum Gasteiger partial charge on any atom is -0.493 e. The maximum atomic E-state index is 12.2. The molecule has 1 aliphatic heterocycles. The number of hydrogen-bond acceptors (Lipinski definition) is 4. The van der Waals surface area contributed by atoms with Crippen molar-refractivity contribution in [2.45, 2.75) is 33.2 Å². The van der Waals surface area contributed by atoms with E-state index in [1.54, 1.807) is 7.11 Å². The Hall–Kier alpha value is -1.75. The molecule has 5 nitrogen and oxygen atoms in total. The van der Waals surface area contributed by atoms with Crippen molar-refractivity contribution in [1.82, 2.24) is 10.6 Å². The third-order valence-corrected chi connectivity index (χ3v) is 4.05. The van der Waals surface area contributed by atoms with E-state index in [9.17, 15) is 4.79 Å². The summed E-state index contributed by atoms with van der Waals surface area (Å²) in [6.45, 7) is 8.54. The Morgan fingerprint density at radius 2 is 2.13 bits per heavy atom.